The number of rotatable bonds is 2. The zero-order valence-corrected chi connectivity index (χ0v) is 12.7. The molecule has 1 atom stereocenters. The lowest BCUT2D eigenvalue weighted by molar-refractivity contribution is 0.332. The molecule has 0 radical (unpaired) electrons. The van der Waals surface area contributed by atoms with E-state index in [1.807, 2.05) is 25.2 Å². The Morgan fingerprint density at radius 3 is 2.83 bits per heavy atom. The van der Waals surface area contributed by atoms with E-state index < -0.39 is 0 Å². The summed E-state index contributed by atoms with van der Waals surface area (Å²) in [5, 5.41) is 0. The minimum atomic E-state index is 0. The third kappa shape index (κ3) is 2.55. The molecular weight excluding hydrogens is 341 g/mol. The molecule has 5 heteroatoms. The van der Waals surface area contributed by atoms with Gasteiger partial charge in [-0.25, -0.2) is 4.99 Å². The van der Waals surface area contributed by atoms with Crippen LogP contribution in [0.5, 0.6) is 5.75 Å². The van der Waals surface area contributed by atoms with E-state index in [0.29, 0.717) is 18.6 Å². The standard InChI is InChI=1S/C13H17N3O.HI/c1-16(9-6-7-9)13(14)15-11-8-17-12-5-3-2-4-10(11)12;/h2-5,9,11H,6-8H2,1H3,(H2,14,15);1H. The summed E-state index contributed by atoms with van der Waals surface area (Å²) in [7, 11) is 2.01. The summed E-state index contributed by atoms with van der Waals surface area (Å²) >= 11 is 0. The van der Waals surface area contributed by atoms with Gasteiger partial charge in [-0.3, -0.25) is 0 Å². The molecule has 0 amide bonds. The third-order valence-corrected chi connectivity index (χ3v) is 3.42. The van der Waals surface area contributed by atoms with Crippen molar-refractivity contribution in [3.63, 3.8) is 0 Å². The van der Waals surface area contributed by atoms with E-state index in [2.05, 4.69) is 16.0 Å². The predicted molar refractivity (Wildman–Crippen MR) is 82.5 cm³/mol. The molecule has 0 spiro atoms. The molecule has 2 N–H and O–H groups in total. The quantitative estimate of drug-likeness (QED) is 0.500. The molecule has 0 aromatic heterocycles. The molecule has 1 saturated carbocycles. The molecule has 1 aliphatic heterocycles. The van der Waals surface area contributed by atoms with Crippen LogP contribution in [0.4, 0.5) is 0 Å². The smallest absolute Gasteiger partial charge is 0.191 e. The van der Waals surface area contributed by atoms with Gasteiger partial charge in [-0.2, -0.15) is 0 Å². The highest BCUT2D eigenvalue weighted by Crippen LogP contribution is 2.34. The predicted octanol–water partition coefficient (Wildman–Crippen LogP) is 2.15. The Morgan fingerprint density at radius 2 is 2.11 bits per heavy atom. The summed E-state index contributed by atoms with van der Waals surface area (Å²) in [6, 6.07) is 8.66. The first-order chi connectivity index (χ1) is 8.25. The topological polar surface area (TPSA) is 50.8 Å². The van der Waals surface area contributed by atoms with Gasteiger partial charge in [0.25, 0.3) is 0 Å². The number of para-hydroxylation sites is 1. The van der Waals surface area contributed by atoms with Gasteiger partial charge in [-0.15, -0.1) is 24.0 Å². The van der Waals surface area contributed by atoms with Gasteiger partial charge in [0.05, 0.1) is 0 Å². The molecule has 1 unspecified atom stereocenters. The van der Waals surface area contributed by atoms with Crippen LogP contribution in [0.1, 0.15) is 24.4 Å². The van der Waals surface area contributed by atoms with Crippen molar-refractivity contribution in [2.45, 2.75) is 24.9 Å². The number of aliphatic imine (C=N–C) groups is 1. The fourth-order valence-electron chi connectivity index (χ4n) is 2.15. The molecule has 1 aromatic rings. The van der Waals surface area contributed by atoms with Crippen LogP contribution in [0.2, 0.25) is 0 Å². The van der Waals surface area contributed by atoms with E-state index in [-0.39, 0.29) is 30.0 Å². The number of ether oxygens (including phenoxy) is 1. The highest BCUT2D eigenvalue weighted by molar-refractivity contribution is 14.0. The van der Waals surface area contributed by atoms with Gasteiger partial charge >= 0.3 is 0 Å². The number of fused-ring (bicyclic) bond motifs is 1. The second kappa shape index (κ2) is 5.34. The third-order valence-electron chi connectivity index (χ3n) is 3.42. The van der Waals surface area contributed by atoms with Crippen molar-refractivity contribution in [1.29, 1.82) is 0 Å². The first kappa shape index (κ1) is 13.5. The Labute approximate surface area is 124 Å². The lowest BCUT2D eigenvalue weighted by Gasteiger charge is -2.18. The summed E-state index contributed by atoms with van der Waals surface area (Å²) in [6.07, 6.45) is 2.45. The highest BCUT2D eigenvalue weighted by Gasteiger charge is 2.29. The summed E-state index contributed by atoms with van der Waals surface area (Å²) in [4.78, 5) is 6.64. The van der Waals surface area contributed by atoms with Crippen molar-refractivity contribution in [2.24, 2.45) is 10.7 Å². The van der Waals surface area contributed by atoms with Crippen molar-refractivity contribution in [2.75, 3.05) is 13.7 Å². The number of benzene rings is 1. The fraction of sp³-hybridized carbons (Fsp3) is 0.462. The SMILES string of the molecule is CN(C(N)=NC1COc2ccccc21)C1CC1.I. The molecule has 3 rings (SSSR count). The van der Waals surface area contributed by atoms with Crippen LogP contribution in [0.15, 0.2) is 29.3 Å². The van der Waals surface area contributed by atoms with Crippen LogP contribution in [-0.2, 0) is 0 Å². The number of nitrogens with two attached hydrogens (primary N) is 1. The molecule has 1 aliphatic carbocycles. The maximum absolute atomic E-state index is 6.02. The van der Waals surface area contributed by atoms with Crippen molar-refractivity contribution in [3.05, 3.63) is 29.8 Å². The Hall–Kier alpha value is -0.980. The second-order valence-corrected chi connectivity index (χ2v) is 4.69. The molecule has 2 aliphatic rings. The van der Waals surface area contributed by atoms with Crippen LogP contribution in [0.3, 0.4) is 0 Å². The van der Waals surface area contributed by atoms with E-state index >= 15 is 0 Å². The van der Waals surface area contributed by atoms with Crippen molar-refractivity contribution in [1.82, 2.24) is 4.90 Å². The maximum Gasteiger partial charge on any atom is 0.191 e. The zero-order valence-electron chi connectivity index (χ0n) is 10.4. The Morgan fingerprint density at radius 1 is 1.39 bits per heavy atom. The maximum atomic E-state index is 6.02. The highest BCUT2D eigenvalue weighted by atomic mass is 127. The molecule has 0 bridgehead atoms. The fourth-order valence-corrected chi connectivity index (χ4v) is 2.15. The Kier molecular flexibility index (Phi) is 3.99. The van der Waals surface area contributed by atoms with E-state index in [0.717, 1.165) is 11.3 Å². The number of nitrogens with zero attached hydrogens (tertiary/aromatic N) is 2. The van der Waals surface area contributed by atoms with Crippen molar-refractivity contribution < 1.29 is 4.74 Å². The van der Waals surface area contributed by atoms with Gasteiger partial charge in [0.2, 0.25) is 0 Å². The first-order valence-corrected chi connectivity index (χ1v) is 6.03. The van der Waals surface area contributed by atoms with Crippen LogP contribution in [-0.4, -0.2) is 30.6 Å². The molecule has 1 fully saturated rings. The number of halogens is 1. The van der Waals surface area contributed by atoms with Gasteiger partial charge < -0.3 is 15.4 Å². The first-order valence-electron chi connectivity index (χ1n) is 6.03. The van der Waals surface area contributed by atoms with Crippen molar-refractivity contribution >= 4 is 29.9 Å². The van der Waals surface area contributed by atoms with Crippen LogP contribution < -0.4 is 10.5 Å². The van der Waals surface area contributed by atoms with Gasteiger partial charge in [0.15, 0.2) is 5.96 Å². The van der Waals surface area contributed by atoms with Gasteiger partial charge in [0, 0.05) is 18.7 Å². The normalized spacial score (nSPS) is 21.8. The van der Waals surface area contributed by atoms with E-state index in [9.17, 15) is 0 Å². The molecular formula is C13H18IN3O. The lowest BCUT2D eigenvalue weighted by Crippen LogP contribution is -2.36. The molecule has 1 aromatic carbocycles. The minimum Gasteiger partial charge on any atom is -0.491 e. The van der Waals surface area contributed by atoms with E-state index in [1.165, 1.54) is 12.8 Å². The largest absolute Gasteiger partial charge is 0.491 e. The molecule has 1 heterocycles. The number of guanidine groups is 1. The Bertz CT molecular complexity index is 459. The molecule has 18 heavy (non-hydrogen) atoms. The monoisotopic (exact) mass is 359 g/mol. The van der Waals surface area contributed by atoms with E-state index in [1.54, 1.807) is 0 Å². The minimum absolute atomic E-state index is 0. The molecule has 4 nitrogen and oxygen atoms in total. The van der Waals surface area contributed by atoms with Crippen LogP contribution >= 0.6 is 24.0 Å². The average molecular weight is 359 g/mol. The number of hydrogen-bond acceptors (Lipinski definition) is 2. The zero-order chi connectivity index (χ0) is 11.8. The van der Waals surface area contributed by atoms with Gasteiger partial charge in [0.1, 0.15) is 18.4 Å². The van der Waals surface area contributed by atoms with Gasteiger partial charge in [-0.1, -0.05) is 18.2 Å². The van der Waals surface area contributed by atoms with Crippen LogP contribution in [0.25, 0.3) is 0 Å². The number of hydrogen-bond donors (Lipinski definition) is 1. The summed E-state index contributed by atoms with van der Waals surface area (Å²) in [5.74, 6) is 1.56. The van der Waals surface area contributed by atoms with Crippen molar-refractivity contribution in [3.8, 4) is 5.75 Å². The van der Waals surface area contributed by atoms with Crippen LogP contribution in [0, 0.1) is 0 Å². The second-order valence-electron chi connectivity index (χ2n) is 4.69. The summed E-state index contributed by atoms with van der Waals surface area (Å²) in [6.45, 7) is 0.596. The molecule has 98 valence electrons. The van der Waals surface area contributed by atoms with Gasteiger partial charge in [-0.05, 0) is 18.9 Å². The Balaban J connectivity index is 0.00000120. The summed E-state index contributed by atoms with van der Waals surface area (Å²) in [5.41, 5.74) is 7.15. The average Bonchev–Trinajstić information content (AvgIpc) is 3.12. The lowest BCUT2D eigenvalue weighted by atomic mass is 10.1. The molecule has 0 saturated heterocycles. The summed E-state index contributed by atoms with van der Waals surface area (Å²) < 4.78 is 5.59. The van der Waals surface area contributed by atoms with E-state index in [4.69, 9.17) is 10.5 Å².